The zero-order chi connectivity index (χ0) is 7.56. The molecule has 0 bridgehead atoms. The van der Waals surface area contributed by atoms with Crippen LogP contribution in [0.4, 0.5) is 0 Å². The van der Waals surface area contributed by atoms with Crippen molar-refractivity contribution in [2.75, 3.05) is 0 Å². The molecule has 1 rings (SSSR count). The fourth-order valence-electron chi connectivity index (χ4n) is 0.761. The molecule has 0 heterocycles. The molecule has 10 heavy (non-hydrogen) atoms. The van der Waals surface area contributed by atoms with E-state index in [9.17, 15) is 4.79 Å². The van der Waals surface area contributed by atoms with Gasteiger partial charge in [0.15, 0.2) is 6.29 Å². The maximum Gasteiger partial charge on any atom is 0.151 e. The van der Waals surface area contributed by atoms with Crippen LogP contribution in [0.1, 0.15) is 15.9 Å². The Balaban J connectivity index is 3.27. The Bertz CT molecular complexity index is 255. The SMILES string of the molecule is Cc1cccc(C=O)c1I. The molecule has 0 fully saturated rings. The van der Waals surface area contributed by atoms with E-state index < -0.39 is 0 Å². The zero-order valence-electron chi connectivity index (χ0n) is 5.60. The Morgan fingerprint density at radius 2 is 2.20 bits per heavy atom. The molecule has 0 spiro atoms. The standard InChI is InChI=1S/C8H7IO/c1-6-3-2-4-7(5-10)8(6)9/h2-5H,1H3. The lowest BCUT2D eigenvalue weighted by molar-refractivity contribution is 0.112. The van der Waals surface area contributed by atoms with Gasteiger partial charge in [-0.25, -0.2) is 0 Å². The second-order valence-electron chi connectivity index (χ2n) is 2.10. The molecule has 0 amide bonds. The first kappa shape index (κ1) is 7.72. The van der Waals surface area contributed by atoms with Crippen LogP contribution in [0, 0.1) is 10.5 Å². The third-order valence-electron chi connectivity index (χ3n) is 1.35. The minimum Gasteiger partial charge on any atom is -0.298 e. The van der Waals surface area contributed by atoms with Gasteiger partial charge in [-0.15, -0.1) is 0 Å². The maximum absolute atomic E-state index is 10.4. The molecule has 0 aliphatic carbocycles. The van der Waals surface area contributed by atoms with Crippen LogP contribution in [0.2, 0.25) is 0 Å². The van der Waals surface area contributed by atoms with E-state index in [2.05, 4.69) is 22.6 Å². The minimum atomic E-state index is 0.778. The summed E-state index contributed by atoms with van der Waals surface area (Å²) in [4.78, 5) is 10.4. The summed E-state index contributed by atoms with van der Waals surface area (Å²) >= 11 is 2.17. The summed E-state index contributed by atoms with van der Waals surface area (Å²) in [5.74, 6) is 0. The number of hydrogen-bond acceptors (Lipinski definition) is 1. The number of hydrogen-bond donors (Lipinski definition) is 0. The quantitative estimate of drug-likeness (QED) is 0.549. The highest BCUT2D eigenvalue weighted by Crippen LogP contribution is 2.14. The highest BCUT2D eigenvalue weighted by molar-refractivity contribution is 14.1. The van der Waals surface area contributed by atoms with Gasteiger partial charge in [0.05, 0.1) is 0 Å². The number of benzene rings is 1. The molecular weight excluding hydrogens is 239 g/mol. The molecule has 0 aliphatic rings. The highest BCUT2D eigenvalue weighted by Gasteiger charge is 1.98. The van der Waals surface area contributed by atoms with Crippen molar-refractivity contribution in [2.45, 2.75) is 6.92 Å². The molecule has 2 heteroatoms. The molecule has 52 valence electrons. The summed E-state index contributed by atoms with van der Waals surface area (Å²) in [6.45, 7) is 1.99. The molecule has 0 aliphatic heterocycles. The molecule has 1 nitrogen and oxygen atoms in total. The van der Waals surface area contributed by atoms with E-state index in [4.69, 9.17) is 0 Å². The molecule has 1 aromatic carbocycles. The molecular formula is C8H7IO. The molecule has 0 saturated carbocycles. The van der Waals surface area contributed by atoms with Gasteiger partial charge in [-0.1, -0.05) is 18.2 Å². The van der Waals surface area contributed by atoms with Crippen molar-refractivity contribution in [1.29, 1.82) is 0 Å². The van der Waals surface area contributed by atoms with Crippen molar-refractivity contribution in [1.82, 2.24) is 0 Å². The smallest absolute Gasteiger partial charge is 0.151 e. The summed E-state index contributed by atoms with van der Waals surface area (Å²) in [5.41, 5.74) is 1.94. The van der Waals surface area contributed by atoms with Crippen LogP contribution < -0.4 is 0 Å². The molecule has 1 aromatic rings. The van der Waals surface area contributed by atoms with Gasteiger partial charge in [0.25, 0.3) is 0 Å². The lowest BCUT2D eigenvalue weighted by Crippen LogP contribution is -1.87. The van der Waals surface area contributed by atoms with Crippen molar-refractivity contribution in [2.24, 2.45) is 0 Å². The van der Waals surface area contributed by atoms with E-state index in [1.54, 1.807) is 0 Å². The van der Waals surface area contributed by atoms with Crippen molar-refractivity contribution in [3.05, 3.63) is 32.9 Å². The second-order valence-corrected chi connectivity index (χ2v) is 3.17. The minimum absolute atomic E-state index is 0.778. The fourth-order valence-corrected chi connectivity index (χ4v) is 1.25. The Hall–Kier alpha value is -0.380. The van der Waals surface area contributed by atoms with Gasteiger partial charge >= 0.3 is 0 Å². The van der Waals surface area contributed by atoms with Gasteiger partial charge in [0, 0.05) is 9.13 Å². The first-order valence-corrected chi connectivity index (χ1v) is 4.04. The van der Waals surface area contributed by atoms with Crippen LogP contribution in [-0.4, -0.2) is 6.29 Å². The fraction of sp³-hybridized carbons (Fsp3) is 0.125. The first-order chi connectivity index (χ1) is 4.75. The third-order valence-corrected chi connectivity index (χ3v) is 2.82. The van der Waals surface area contributed by atoms with Crippen LogP contribution in [-0.2, 0) is 0 Å². The monoisotopic (exact) mass is 246 g/mol. The van der Waals surface area contributed by atoms with Crippen LogP contribution in [0.3, 0.4) is 0 Å². The lowest BCUT2D eigenvalue weighted by Gasteiger charge is -1.98. The summed E-state index contributed by atoms with van der Waals surface area (Å²) in [6.07, 6.45) is 0.884. The Kier molecular flexibility index (Phi) is 2.43. The molecule has 0 N–H and O–H groups in total. The van der Waals surface area contributed by atoms with Crippen LogP contribution >= 0.6 is 22.6 Å². The third kappa shape index (κ3) is 1.37. The Labute approximate surface area is 73.6 Å². The topological polar surface area (TPSA) is 17.1 Å². The van der Waals surface area contributed by atoms with Crippen molar-refractivity contribution >= 4 is 28.9 Å². The summed E-state index contributed by atoms with van der Waals surface area (Å²) < 4.78 is 1.05. The predicted octanol–water partition coefficient (Wildman–Crippen LogP) is 2.41. The summed E-state index contributed by atoms with van der Waals surface area (Å²) in [6, 6.07) is 5.71. The van der Waals surface area contributed by atoms with E-state index in [-0.39, 0.29) is 0 Å². The molecule has 0 saturated heterocycles. The second kappa shape index (κ2) is 3.14. The van der Waals surface area contributed by atoms with Crippen LogP contribution in [0.15, 0.2) is 18.2 Å². The van der Waals surface area contributed by atoms with Gasteiger partial charge < -0.3 is 0 Å². The summed E-state index contributed by atoms with van der Waals surface area (Å²) in [5, 5.41) is 0. The maximum atomic E-state index is 10.4. The molecule has 0 aromatic heterocycles. The van der Waals surface area contributed by atoms with Gasteiger partial charge in [0.2, 0.25) is 0 Å². The highest BCUT2D eigenvalue weighted by atomic mass is 127. The number of carbonyl (C=O) groups excluding carboxylic acids is 1. The van der Waals surface area contributed by atoms with Crippen molar-refractivity contribution in [3.8, 4) is 0 Å². The average molecular weight is 246 g/mol. The van der Waals surface area contributed by atoms with Crippen molar-refractivity contribution < 1.29 is 4.79 Å². The average Bonchev–Trinajstić information content (AvgIpc) is 1.95. The van der Waals surface area contributed by atoms with E-state index >= 15 is 0 Å². The van der Waals surface area contributed by atoms with Gasteiger partial charge in [0.1, 0.15) is 0 Å². The van der Waals surface area contributed by atoms with Crippen LogP contribution in [0.5, 0.6) is 0 Å². The zero-order valence-corrected chi connectivity index (χ0v) is 7.75. The number of halogens is 1. The first-order valence-electron chi connectivity index (χ1n) is 2.96. The normalized spacial score (nSPS) is 9.40. The van der Waals surface area contributed by atoms with Gasteiger partial charge in [-0.3, -0.25) is 4.79 Å². The predicted molar refractivity (Wildman–Crippen MR) is 49.3 cm³/mol. The summed E-state index contributed by atoms with van der Waals surface area (Å²) in [7, 11) is 0. The number of rotatable bonds is 1. The molecule has 0 radical (unpaired) electrons. The van der Waals surface area contributed by atoms with Gasteiger partial charge in [-0.2, -0.15) is 0 Å². The van der Waals surface area contributed by atoms with Crippen molar-refractivity contribution in [3.63, 3.8) is 0 Å². The molecule has 0 atom stereocenters. The lowest BCUT2D eigenvalue weighted by atomic mass is 10.2. The molecule has 0 unspecified atom stereocenters. The largest absolute Gasteiger partial charge is 0.298 e. The van der Waals surface area contributed by atoms with E-state index in [0.717, 1.165) is 21.0 Å². The number of aryl methyl sites for hydroxylation is 1. The van der Waals surface area contributed by atoms with E-state index in [1.165, 1.54) is 0 Å². The Morgan fingerprint density at radius 1 is 1.50 bits per heavy atom. The van der Waals surface area contributed by atoms with Crippen LogP contribution in [0.25, 0.3) is 0 Å². The Morgan fingerprint density at radius 3 is 2.70 bits per heavy atom. The van der Waals surface area contributed by atoms with E-state index in [1.807, 2.05) is 25.1 Å². The van der Waals surface area contributed by atoms with Gasteiger partial charge in [-0.05, 0) is 35.1 Å². The number of carbonyl (C=O) groups is 1. The van der Waals surface area contributed by atoms with E-state index in [0.29, 0.717) is 0 Å². The number of aldehydes is 1.